The smallest absolute Gasteiger partial charge is 0.345 e. The molecule has 26 heavy (non-hydrogen) atoms. The first-order chi connectivity index (χ1) is 12.1. The molecule has 1 saturated heterocycles. The largest absolute Gasteiger partial charge is 0.427 e. The number of anilines is 1. The maximum Gasteiger partial charge on any atom is 0.427 e. The average molecular weight is 413 g/mol. The number of sulfonamides is 1. The monoisotopic (exact) mass is 413 g/mol. The second kappa shape index (κ2) is 6.74. The Kier molecular flexibility index (Phi) is 4.92. The number of hydrogen-bond donors (Lipinski definition) is 0. The van der Waals surface area contributed by atoms with E-state index in [0.29, 0.717) is 17.4 Å². The molecule has 0 saturated carbocycles. The molecule has 0 radical (unpaired) electrons. The van der Waals surface area contributed by atoms with Crippen molar-refractivity contribution in [2.45, 2.75) is 11.1 Å². The van der Waals surface area contributed by atoms with Crippen molar-refractivity contribution < 1.29 is 30.4 Å². The minimum atomic E-state index is -4.49. The molecule has 0 unspecified atom stereocenters. The highest BCUT2D eigenvalue weighted by Gasteiger charge is 2.35. The number of aromatic nitrogens is 1. The summed E-state index contributed by atoms with van der Waals surface area (Å²) in [5.41, 5.74) is 0. The van der Waals surface area contributed by atoms with E-state index in [1.165, 1.54) is 4.90 Å². The van der Waals surface area contributed by atoms with Gasteiger partial charge in [0.05, 0.1) is 6.20 Å². The number of rotatable bonds is 3. The molecule has 2 aromatic rings. The van der Waals surface area contributed by atoms with Gasteiger partial charge in [0, 0.05) is 26.2 Å². The zero-order valence-corrected chi connectivity index (χ0v) is 14.6. The van der Waals surface area contributed by atoms with E-state index in [1.54, 1.807) is 0 Å². The van der Waals surface area contributed by atoms with Crippen LogP contribution in [-0.2, 0) is 16.2 Å². The molecule has 3 rings (SSSR count). The normalized spacial score (nSPS) is 16.9. The van der Waals surface area contributed by atoms with Crippen LogP contribution < -0.4 is 4.90 Å². The minimum absolute atomic E-state index is 0.0841. The lowest BCUT2D eigenvalue weighted by molar-refractivity contribution is -0.134. The van der Waals surface area contributed by atoms with E-state index in [0.717, 1.165) is 22.6 Å². The highest BCUT2D eigenvalue weighted by atomic mass is 32.2. The van der Waals surface area contributed by atoms with E-state index >= 15 is 0 Å². The topological polar surface area (TPSA) is 53.5 Å². The number of piperazine rings is 1. The number of benzene rings is 1. The summed E-state index contributed by atoms with van der Waals surface area (Å²) in [5.74, 6) is -1.95. The lowest BCUT2D eigenvalue weighted by Gasteiger charge is -2.33. The highest BCUT2D eigenvalue weighted by Crippen LogP contribution is 2.36. The summed E-state index contributed by atoms with van der Waals surface area (Å²) >= 11 is 0.468. The van der Waals surface area contributed by atoms with Gasteiger partial charge >= 0.3 is 6.18 Å². The van der Waals surface area contributed by atoms with Crippen LogP contribution in [0.3, 0.4) is 0 Å². The van der Waals surface area contributed by atoms with Crippen LogP contribution in [0, 0.1) is 11.6 Å². The molecule has 1 aliphatic rings. The zero-order valence-electron chi connectivity index (χ0n) is 13.0. The first kappa shape index (κ1) is 19.0. The van der Waals surface area contributed by atoms with E-state index in [4.69, 9.17) is 0 Å². The third kappa shape index (κ3) is 3.67. The van der Waals surface area contributed by atoms with Crippen molar-refractivity contribution in [3.63, 3.8) is 0 Å². The molecular formula is C14H12F5N3O2S2. The fourth-order valence-electron chi connectivity index (χ4n) is 2.48. The average Bonchev–Trinajstić information content (AvgIpc) is 3.07. The van der Waals surface area contributed by atoms with Gasteiger partial charge in [-0.15, -0.1) is 0 Å². The molecule has 1 aromatic heterocycles. The third-order valence-corrected chi connectivity index (χ3v) is 6.81. The number of hydrogen-bond acceptors (Lipinski definition) is 5. The van der Waals surface area contributed by atoms with Crippen molar-refractivity contribution in [3.05, 3.63) is 40.9 Å². The lowest BCUT2D eigenvalue weighted by atomic mass is 10.3. The van der Waals surface area contributed by atoms with Crippen molar-refractivity contribution in [1.82, 2.24) is 9.29 Å². The van der Waals surface area contributed by atoms with Gasteiger partial charge in [-0.2, -0.15) is 17.5 Å². The number of alkyl halides is 3. The molecule has 5 nitrogen and oxygen atoms in total. The molecular weight excluding hydrogens is 401 g/mol. The Morgan fingerprint density at radius 1 is 1.08 bits per heavy atom. The molecule has 1 aliphatic heterocycles. The molecule has 0 aliphatic carbocycles. The Bertz CT molecular complexity index is 906. The lowest BCUT2D eigenvalue weighted by Crippen LogP contribution is -2.48. The Balaban J connectivity index is 1.74. The van der Waals surface area contributed by atoms with Crippen molar-refractivity contribution in [3.8, 4) is 0 Å². The number of halogens is 5. The quantitative estimate of drug-likeness (QED) is 0.727. The van der Waals surface area contributed by atoms with Crippen LogP contribution in [0.1, 0.15) is 4.88 Å². The molecule has 142 valence electrons. The Morgan fingerprint density at radius 3 is 2.31 bits per heavy atom. The standard InChI is InChI=1S/C14H12F5N3O2S2/c15-9-1-2-10(16)11(7-9)26(23,24)22-5-3-21(4-6-22)13-20-8-12(25-13)14(17,18)19/h1-2,7-8H,3-6H2. The SMILES string of the molecule is O=S(=O)(c1cc(F)ccc1F)N1CCN(c2ncc(C(F)(F)F)s2)CC1. The van der Waals surface area contributed by atoms with E-state index < -0.39 is 37.6 Å². The minimum Gasteiger partial charge on any atom is -0.345 e. The Morgan fingerprint density at radius 2 is 1.73 bits per heavy atom. The second-order valence-corrected chi connectivity index (χ2v) is 8.39. The van der Waals surface area contributed by atoms with Crippen molar-refractivity contribution in [2.75, 3.05) is 31.1 Å². The molecule has 2 heterocycles. The molecule has 12 heteroatoms. The summed E-state index contributed by atoms with van der Waals surface area (Å²) in [6.07, 6.45) is -3.76. The summed E-state index contributed by atoms with van der Waals surface area (Å²) in [7, 11) is -4.24. The van der Waals surface area contributed by atoms with E-state index in [-0.39, 0.29) is 31.3 Å². The van der Waals surface area contributed by atoms with Gasteiger partial charge in [-0.1, -0.05) is 11.3 Å². The molecule has 0 bridgehead atoms. The van der Waals surface area contributed by atoms with E-state index in [1.807, 2.05) is 0 Å². The van der Waals surface area contributed by atoms with Crippen molar-refractivity contribution in [2.24, 2.45) is 0 Å². The fourth-order valence-corrected chi connectivity index (χ4v) is 4.81. The van der Waals surface area contributed by atoms with E-state index in [9.17, 15) is 30.4 Å². The molecule has 1 fully saturated rings. The van der Waals surface area contributed by atoms with Crippen LogP contribution >= 0.6 is 11.3 Å². The van der Waals surface area contributed by atoms with Crippen LogP contribution in [0.2, 0.25) is 0 Å². The van der Waals surface area contributed by atoms with Crippen LogP contribution in [-0.4, -0.2) is 43.9 Å². The molecule has 1 aromatic carbocycles. The van der Waals surface area contributed by atoms with Gasteiger partial charge in [0.25, 0.3) is 0 Å². The molecule has 0 N–H and O–H groups in total. The first-order valence-corrected chi connectivity index (χ1v) is 9.58. The molecule has 0 spiro atoms. The maximum absolute atomic E-state index is 13.8. The fraction of sp³-hybridized carbons (Fsp3) is 0.357. The van der Waals surface area contributed by atoms with Gasteiger partial charge in [-0.05, 0) is 18.2 Å². The molecule has 0 amide bonds. The zero-order chi connectivity index (χ0) is 19.1. The second-order valence-electron chi connectivity index (χ2n) is 5.47. The van der Waals surface area contributed by atoms with Gasteiger partial charge < -0.3 is 4.90 Å². The Hall–Kier alpha value is -1.79. The number of thiazole rings is 1. The molecule has 0 atom stereocenters. The number of nitrogens with zero attached hydrogens (tertiary/aromatic N) is 3. The summed E-state index contributed by atoms with van der Waals surface area (Å²) in [5, 5.41) is 0.131. The first-order valence-electron chi connectivity index (χ1n) is 7.32. The van der Waals surface area contributed by atoms with Gasteiger partial charge in [0.2, 0.25) is 10.0 Å². The van der Waals surface area contributed by atoms with Gasteiger partial charge in [0.15, 0.2) is 5.13 Å². The Labute approximate surface area is 149 Å². The predicted molar refractivity (Wildman–Crippen MR) is 84.4 cm³/mol. The van der Waals surface area contributed by atoms with E-state index in [2.05, 4.69) is 4.98 Å². The van der Waals surface area contributed by atoms with Crippen molar-refractivity contribution >= 4 is 26.5 Å². The summed E-state index contributed by atoms with van der Waals surface area (Å²) in [6, 6.07) is 2.15. The predicted octanol–water partition coefficient (Wildman–Crippen LogP) is 2.95. The summed E-state index contributed by atoms with van der Waals surface area (Å²) in [6.45, 7) is 0.000383. The third-order valence-electron chi connectivity index (χ3n) is 3.79. The van der Waals surface area contributed by atoms with Crippen LogP contribution in [0.4, 0.5) is 27.1 Å². The summed E-state index contributed by atoms with van der Waals surface area (Å²) in [4.78, 5) is 3.64. The van der Waals surface area contributed by atoms with Gasteiger partial charge in [-0.25, -0.2) is 22.2 Å². The van der Waals surface area contributed by atoms with Crippen LogP contribution in [0.5, 0.6) is 0 Å². The van der Waals surface area contributed by atoms with Gasteiger partial charge in [-0.3, -0.25) is 0 Å². The maximum atomic E-state index is 13.8. The van der Waals surface area contributed by atoms with Crippen molar-refractivity contribution in [1.29, 1.82) is 0 Å². The van der Waals surface area contributed by atoms with Crippen LogP contribution in [0.25, 0.3) is 0 Å². The van der Waals surface area contributed by atoms with Crippen LogP contribution in [0.15, 0.2) is 29.3 Å². The highest BCUT2D eigenvalue weighted by molar-refractivity contribution is 7.89. The van der Waals surface area contributed by atoms with Gasteiger partial charge in [0.1, 0.15) is 21.4 Å². The summed E-state index contributed by atoms with van der Waals surface area (Å²) < 4.78 is 90.9.